The second-order valence-electron chi connectivity index (χ2n) is 4.13. The van der Waals surface area contributed by atoms with Crippen LogP contribution in [0.1, 0.15) is 10.9 Å². The lowest BCUT2D eigenvalue weighted by molar-refractivity contribution is -0.133. The van der Waals surface area contributed by atoms with Crippen molar-refractivity contribution in [3.63, 3.8) is 0 Å². The highest BCUT2D eigenvalue weighted by atomic mass is 32.2. The molecular weight excluding hydrogens is 280 g/mol. The molecule has 1 heterocycles. The number of nitrogens with one attached hydrogen (secondary N) is 1. The summed E-state index contributed by atoms with van der Waals surface area (Å²) in [6, 6.07) is 8.14. The van der Waals surface area contributed by atoms with E-state index in [1.54, 1.807) is 35.5 Å². The van der Waals surface area contributed by atoms with E-state index in [2.05, 4.69) is 5.32 Å². The number of amides is 2. The van der Waals surface area contributed by atoms with Gasteiger partial charge in [0.15, 0.2) is 0 Å². The van der Waals surface area contributed by atoms with Gasteiger partial charge in [-0.2, -0.15) is 0 Å². The molecule has 19 heavy (non-hydrogen) atoms. The highest BCUT2D eigenvalue weighted by Crippen LogP contribution is 2.38. The first-order valence-electron chi connectivity index (χ1n) is 5.91. The Labute approximate surface area is 121 Å². The van der Waals surface area contributed by atoms with Gasteiger partial charge in [0, 0.05) is 11.9 Å². The monoisotopic (exact) mass is 296 g/mol. The average molecular weight is 296 g/mol. The molecule has 102 valence electrons. The number of rotatable bonds is 4. The highest BCUT2D eigenvalue weighted by molar-refractivity contribution is 8.00. The number of nitrogens with zero attached hydrogens (tertiary/aromatic N) is 1. The molecule has 0 saturated carbocycles. The molecule has 2 rings (SSSR count). The second kappa shape index (κ2) is 6.34. The van der Waals surface area contributed by atoms with E-state index in [-0.39, 0.29) is 23.7 Å². The van der Waals surface area contributed by atoms with Gasteiger partial charge < -0.3 is 10.2 Å². The van der Waals surface area contributed by atoms with Crippen LogP contribution in [-0.2, 0) is 9.59 Å². The number of carbonyl (C=O) groups excluding carboxylic acids is 2. The Balaban J connectivity index is 2.16. The quantitative estimate of drug-likeness (QED) is 0.860. The minimum absolute atomic E-state index is 0.0209. The maximum atomic E-state index is 11.9. The van der Waals surface area contributed by atoms with E-state index >= 15 is 0 Å². The smallest absolute Gasteiger partial charge is 0.239 e. The van der Waals surface area contributed by atoms with E-state index in [0.29, 0.717) is 5.75 Å². The van der Waals surface area contributed by atoms with Gasteiger partial charge in [-0.15, -0.1) is 23.5 Å². The number of hydrogen-bond acceptors (Lipinski definition) is 4. The Morgan fingerprint density at radius 1 is 1.47 bits per heavy atom. The van der Waals surface area contributed by atoms with Crippen LogP contribution in [-0.4, -0.2) is 42.3 Å². The number of likely N-dealkylation sites (N-methyl/N-ethyl adjacent to an activating group) is 1. The molecule has 1 aliphatic rings. The van der Waals surface area contributed by atoms with E-state index in [4.69, 9.17) is 0 Å². The first kappa shape index (κ1) is 14.3. The zero-order valence-corrected chi connectivity index (χ0v) is 12.5. The molecular formula is C13H16N2O2S2. The molecule has 1 fully saturated rings. The van der Waals surface area contributed by atoms with E-state index in [1.807, 2.05) is 30.5 Å². The van der Waals surface area contributed by atoms with E-state index < -0.39 is 0 Å². The maximum absolute atomic E-state index is 11.9. The number of hydrogen-bond donors (Lipinski definition) is 1. The van der Waals surface area contributed by atoms with Gasteiger partial charge >= 0.3 is 0 Å². The third-order valence-corrected chi connectivity index (χ3v) is 4.96. The van der Waals surface area contributed by atoms with Crippen LogP contribution in [0.25, 0.3) is 0 Å². The van der Waals surface area contributed by atoms with Crippen molar-refractivity contribution >= 4 is 35.3 Å². The minimum atomic E-state index is -0.137. The molecule has 0 spiro atoms. The molecule has 0 bridgehead atoms. The summed E-state index contributed by atoms with van der Waals surface area (Å²) in [5.41, 5.74) is 1.07. The van der Waals surface area contributed by atoms with Gasteiger partial charge in [0.2, 0.25) is 11.8 Å². The summed E-state index contributed by atoms with van der Waals surface area (Å²) in [5.74, 6) is 0.320. The Hall–Kier alpha value is -1.14. The van der Waals surface area contributed by atoms with Gasteiger partial charge in [-0.3, -0.25) is 9.59 Å². The van der Waals surface area contributed by atoms with Crippen LogP contribution in [0, 0.1) is 0 Å². The normalized spacial score (nSPS) is 18.7. The zero-order valence-electron chi connectivity index (χ0n) is 10.9. The highest BCUT2D eigenvalue weighted by Gasteiger charge is 2.33. The fourth-order valence-corrected chi connectivity index (χ4v) is 3.50. The molecule has 2 amide bonds. The fourth-order valence-electron chi connectivity index (χ4n) is 1.90. The Morgan fingerprint density at radius 2 is 2.16 bits per heavy atom. The van der Waals surface area contributed by atoms with Crippen molar-refractivity contribution in [1.82, 2.24) is 10.2 Å². The topological polar surface area (TPSA) is 49.4 Å². The summed E-state index contributed by atoms with van der Waals surface area (Å²) in [4.78, 5) is 26.2. The van der Waals surface area contributed by atoms with Crippen LogP contribution in [0.5, 0.6) is 0 Å². The molecule has 1 N–H and O–H groups in total. The largest absolute Gasteiger partial charge is 0.358 e. The van der Waals surface area contributed by atoms with Crippen molar-refractivity contribution in [2.45, 2.75) is 10.3 Å². The van der Waals surface area contributed by atoms with Crippen molar-refractivity contribution in [1.29, 1.82) is 0 Å². The molecule has 1 aromatic carbocycles. The molecule has 1 aliphatic heterocycles. The number of thioether (sulfide) groups is 2. The lowest BCUT2D eigenvalue weighted by Crippen LogP contribution is -2.37. The van der Waals surface area contributed by atoms with E-state index in [0.717, 1.165) is 5.56 Å². The molecule has 1 unspecified atom stereocenters. The third kappa shape index (κ3) is 3.25. The van der Waals surface area contributed by atoms with Gasteiger partial charge in [0.25, 0.3) is 0 Å². The summed E-state index contributed by atoms with van der Waals surface area (Å²) in [5, 5.41) is 2.50. The lowest BCUT2D eigenvalue weighted by atomic mass is 10.2. The van der Waals surface area contributed by atoms with Crippen LogP contribution >= 0.6 is 23.5 Å². The van der Waals surface area contributed by atoms with Crippen LogP contribution in [0.15, 0.2) is 29.2 Å². The molecule has 4 nitrogen and oxygen atoms in total. The van der Waals surface area contributed by atoms with Gasteiger partial charge in [0.1, 0.15) is 11.9 Å². The van der Waals surface area contributed by atoms with Crippen LogP contribution < -0.4 is 5.32 Å². The van der Waals surface area contributed by atoms with Gasteiger partial charge in [-0.05, 0) is 24.0 Å². The van der Waals surface area contributed by atoms with Crippen LogP contribution in [0.3, 0.4) is 0 Å². The first-order valence-corrected chi connectivity index (χ1v) is 8.18. The van der Waals surface area contributed by atoms with Crippen molar-refractivity contribution in [2.75, 3.05) is 25.6 Å². The van der Waals surface area contributed by atoms with Crippen molar-refractivity contribution < 1.29 is 9.59 Å². The predicted octanol–water partition coefficient (Wildman–Crippen LogP) is 1.73. The summed E-state index contributed by atoms with van der Waals surface area (Å²) in [7, 11) is 1.58. The summed E-state index contributed by atoms with van der Waals surface area (Å²) in [6.45, 7) is 0.122. The van der Waals surface area contributed by atoms with Gasteiger partial charge in [-0.1, -0.05) is 12.1 Å². The Bertz CT molecular complexity index is 476. The Morgan fingerprint density at radius 3 is 2.74 bits per heavy atom. The van der Waals surface area contributed by atoms with Gasteiger partial charge in [-0.25, -0.2) is 0 Å². The van der Waals surface area contributed by atoms with Crippen LogP contribution in [0.2, 0.25) is 0 Å². The predicted molar refractivity (Wildman–Crippen MR) is 79.2 cm³/mol. The molecule has 0 aromatic heterocycles. The zero-order chi connectivity index (χ0) is 13.8. The van der Waals surface area contributed by atoms with Crippen molar-refractivity contribution in [2.24, 2.45) is 0 Å². The summed E-state index contributed by atoms with van der Waals surface area (Å²) < 4.78 is 0. The van der Waals surface area contributed by atoms with Crippen molar-refractivity contribution in [3.05, 3.63) is 29.8 Å². The second-order valence-corrected chi connectivity index (χ2v) is 6.08. The number of benzene rings is 1. The molecule has 0 aliphatic carbocycles. The lowest BCUT2D eigenvalue weighted by Gasteiger charge is -2.23. The first-order chi connectivity index (χ1) is 9.15. The maximum Gasteiger partial charge on any atom is 0.239 e. The SMILES string of the molecule is CNC(=O)CN1C(=O)CSC1c1ccc(SC)cc1. The van der Waals surface area contributed by atoms with E-state index in [9.17, 15) is 9.59 Å². The summed E-state index contributed by atoms with van der Waals surface area (Å²) in [6.07, 6.45) is 2.03. The van der Waals surface area contributed by atoms with E-state index in [1.165, 1.54) is 4.90 Å². The van der Waals surface area contributed by atoms with Crippen LogP contribution in [0.4, 0.5) is 0 Å². The third-order valence-electron chi connectivity index (χ3n) is 2.96. The molecule has 1 saturated heterocycles. The molecule has 1 aromatic rings. The molecule has 1 atom stereocenters. The fraction of sp³-hybridized carbons (Fsp3) is 0.385. The standard InChI is InChI=1S/C13H16N2O2S2/c1-14-11(16)7-15-12(17)8-19-13(15)9-3-5-10(18-2)6-4-9/h3-6,13H,7-8H2,1-2H3,(H,14,16). The van der Waals surface area contributed by atoms with Crippen molar-refractivity contribution in [3.8, 4) is 0 Å². The number of carbonyl (C=O) groups is 2. The Kier molecular flexibility index (Phi) is 4.76. The summed E-state index contributed by atoms with van der Waals surface area (Å²) >= 11 is 3.25. The molecule has 0 radical (unpaired) electrons. The van der Waals surface area contributed by atoms with Gasteiger partial charge in [0.05, 0.1) is 5.75 Å². The average Bonchev–Trinajstić information content (AvgIpc) is 2.80. The molecule has 6 heteroatoms. The minimum Gasteiger partial charge on any atom is -0.358 e.